The quantitative estimate of drug-likeness (QED) is 0.337. The molecule has 0 spiro atoms. The first-order valence-electron chi connectivity index (χ1n) is 8.25. The van der Waals surface area contributed by atoms with Crippen LogP contribution in [0.25, 0.3) is 5.57 Å². The summed E-state index contributed by atoms with van der Waals surface area (Å²) in [5.41, 5.74) is 4.63. The molecule has 110 valence electrons. The Kier molecular flexibility index (Phi) is 7.43. The van der Waals surface area contributed by atoms with Crippen molar-refractivity contribution in [2.45, 2.75) is 64.2 Å². The molecule has 0 amide bonds. The highest BCUT2D eigenvalue weighted by Gasteiger charge is 2.11. The first kappa shape index (κ1) is 15.8. The van der Waals surface area contributed by atoms with E-state index in [1.165, 1.54) is 74.2 Å². The number of allylic oxidation sites excluding steroid dienone is 2. The van der Waals surface area contributed by atoms with Gasteiger partial charge in [0.2, 0.25) is 0 Å². The number of benzene rings is 1. The third-order valence-electron chi connectivity index (χ3n) is 4.26. The van der Waals surface area contributed by atoms with Crippen LogP contribution in [0, 0.1) is 0 Å². The van der Waals surface area contributed by atoms with Crippen molar-refractivity contribution in [1.82, 2.24) is 0 Å². The summed E-state index contributed by atoms with van der Waals surface area (Å²) in [5, 5.41) is 1.17. The van der Waals surface area contributed by atoms with Crippen LogP contribution < -0.4 is 0 Å². The van der Waals surface area contributed by atoms with E-state index in [1.807, 2.05) is 0 Å². The van der Waals surface area contributed by atoms with Crippen molar-refractivity contribution in [3.8, 4) is 0 Å². The molecule has 1 aliphatic rings. The van der Waals surface area contributed by atoms with Crippen LogP contribution in [-0.4, -0.2) is 5.33 Å². The van der Waals surface area contributed by atoms with Gasteiger partial charge in [-0.05, 0) is 42.4 Å². The van der Waals surface area contributed by atoms with E-state index >= 15 is 0 Å². The minimum Gasteiger partial charge on any atom is -0.0928 e. The summed E-state index contributed by atoms with van der Waals surface area (Å²) in [4.78, 5) is 0. The van der Waals surface area contributed by atoms with E-state index in [9.17, 15) is 0 Å². The van der Waals surface area contributed by atoms with Crippen LogP contribution >= 0.6 is 15.9 Å². The number of unbranched alkanes of at least 4 members (excludes halogenated alkanes) is 7. The fourth-order valence-corrected chi connectivity index (χ4v) is 3.46. The molecule has 0 bridgehead atoms. The van der Waals surface area contributed by atoms with Crippen molar-refractivity contribution in [2.24, 2.45) is 0 Å². The van der Waals surface area contributed by atoms with Gasteiger partial charge in [0.25, 0.3) is 0 Å². The van der Waals surface area contributed by atoms with Crippen LogP contribution in [0.3, 0.4) is 0 Å². The lowest BCUT2D eigenvalue weighted by molar-refractivity contribution is 0.580. The fraction of sp³-hybridized carbons (Fsp3) is 0.579. The van der Waals surface area contributed by atoms with Crippen LogP contribution in [-0.2, 0) is 6.42 Å². The molecule has 0 nitrogen and oxygen atoms in total. The second-order valence-corrected chi connectivity index (χ2v) is 6.65. The molecule has 1 aromatic carbocycles. The van der Waals surface area contributed by atoms with Crippen molar-refractivity contribution < 1.29 is 0 Å². The predicted octanol–water partition coefficient (Wildman–Crippen LogP) is 6.53. The van der Waals surface area contributed by atoms with E-state index in [4.69, 9.17) is 0 Å². The van der Waals surface area contributed by atoms with Gasteiger partial charge in [0.05, 0.1) is 0 Å². The van der Waals surface area contributed by atoms with E-state index in [0.29, 0.717) is 0 Å². The van der Waals surface area contributed by atoms with Crippen LogP contribution in [0.1, 0.15) is 68.9 Å². The predicted molar refractivity (Wildman–Crippen MR) is 93.5 cm³/mol. The van der Waals surface area contributed by atoms with Crippen molar-refractivity contribution in [3.63, 3.8) is 0 Å². The zero-order valence-electron chi connectivity index (χ0n) is 12.5. The first-order valence-corrected chi connectivity index (χ1v) is 9.37. The Morgan fingerprint density at radius 2 is 1.45 bits per heavy atom. The number of alkyl halides is 1. The monoisotopic (exact) mass is 334 g/mol. The minimum atomic E-state index is 1.15. The Hall–Kier alpha value is -0.560. The van der Waals surface area contributed by atoms with Gasteiger partial charge in [-0.1, -0.05) is 84.8 Å². The SMILES string of the molecule is BrCCCCCCCCCCC1=CCc2ccccc21. The standard InChI is InChI=1S/C19H27Br/c20-16-10-6-4-2-1-3-5-7-11-17-14-15-18-12-8-9-13-19(17)18/h8-9,12-14H,1-7,10-11,15-16H2. The maximum Gasteiger partial charge on any atom is 0.00313 e. The van der Waals surface area contributed by atoms with Crippen molar-refractivity contribution in [1.29, 1.82) is 0 Å². The molecular formula is C19H27Br. The summed E-state index contributed by atoms with van der Waals surface area (Å²) < 4.78 is 0. The van der Waals surface area contributed by atoms with Gasteiger partial charge in [-0.15, -0.1) is 0 Å². The molecule has 0 atom stereocenters. The zero-order valence-corrected chi connectivity index (χ0v) is 14.1. The lowest BCUT2D eigenvalue weighted by Crippen LogP contribution is -1.86. The molecule has 0 aliphatic heterocycles. The molecule has 0 unspecified atom stereocenters. The molecule has 2 rings (SSSR count). The average molecular weight is 335 g/mol. The normalized spacial score (nSPS) is 13.3. The van der Waals surface area contributed by atoms with E-state index in [1.54, 1.807) is 5.57 Å². The number of hydrogen-bond donors (Lipinski definition) is 0. The Balaban J connectivity index is 1.52. The highest BCUT2D eigenvalue weighted by molar-refractivity contribution is 9.09. The molecule has 1 heteroatoms. The van der Waals surface area contributed by atoms with Crippen LogP contribution in [0.4, 0.5) is 0 Å². The molecule has 0 radical (unpaired) electrons. The fourth-order valence-electron chi connectivity index (χ4n) is 3.06. The summed E-state index contributed by atoms with van der Waals surface area (Å²) in [7, 11) is 0. The molecule has 0 saturated carbocycles. The van der Waals surface area contributed by atoms with Crippen LogP contribution in [0.15, 0.2) is 30.3 Å². The third-order valence-corrected chi connectivity index (χ3v) is 4.82. The lowest BCUT2D eigenvalue weighted by Gasteiger charge is -2.06. The number of hydrogen-bond acceptors (Lipinski definition) is 0. The molecule has 0 N–H and O–H groups in total. The Morgan fingerprint density at radius 3 is 2.20 bits per heavy atom. The van der Waals surface area contributed by atoms with Crippen molar-refractivity contribution >= 4 is 21.5 Å². The number of halogens is 1. The maximum atomic E-state index is 3.49. The van der Waals surface area contributed by atoms with Crippen LogP contribution in [0.2, 0.25) is 0 Å². The Morgan fingerprint density at radius 1 is 0.800 bits per heavy atom. The molecular weight excluding hydrogens is 308 g/mol. The summed E-state index contributed by atoms with van der Waals surface area (Å²) in [5.74, 6) is 0. The van der Waals surface area contributed by atoms with E-state index in [-0.39, 0.29) is 0 Å². The Bertz CT molecular complexity index is 420. The smallest absolute Gasteiger partial charge is 0.00313 e. The topological polar surface area (TPSA) is 0 Å². The molecule has 0 fully saturated rings. The first-order chi connectivity index (χ1) is 9.92. The van der Waals surface area contributed by atoms with Gasteiger partial charge in [0.1, 0.15) is 0 Å². The van der Waals surface area contributed by atoms with Gasteiger partial charge in [0.15, 0.2) is 0 Å². The highest BCUT2D eigenvalue weighted by atomic mass is 79.9. The van der Waals surface area contributed by atoms with Gasteiger partial charge in [-0.2, -0.15) is 0 Å². The molecule has 20 heavy (non-hydrogen) atoms. The van der Waals surface area contributed by atoms with Crippen molar-refractivity contribution in [3.05, 3.63) is 41.5 Å². The van der Waals surface area contributed by atoms with E-state index < -0.39 is 0 Å². The van der Waals surface area contributed by atoms with Gasteiger partial charge in [0, 0.05) is 5.33 Å². The van der Waals surface area contributed by atoms with Gasteiger partial charge < -0.3 is 0 Å². The zero-order chi connectivity index (χ0) is 14.0. The van der Waals surface area contributed by atoms with Gasteiger partial charge >= 0.3 is 0 Å². The molecule has 1 aromatic rings. The second-order valence-electron chi connectivity index (χ2n) is 5.86. The van der Waals surface area contributed by atoms with Gasteiger partial charge in [-0.25, -0.2) is 0 Å². The summed E-state index contributed by atoms with van der Waals surface area (Å²) in [6, 6.07) is 8.89. The van der Waals surface area contributed by atoms with Crippen LogP contribution in [0.5, 0.6) is 0 Å². The molecule has 0 heterocycles. The van der Waals surface area contributed by atoms with Gasteiger partial charge in [-0.3, -0.25) is 0 Å². The largest absolute Gasteiger partial charge is 0.0928 e. The summed E-state index contributed by atoms with van der Waals surface area (Å²) in [6.45, 7) is 0. The maximum absolute atomic E-state index is 3.49. The molecule has 0 saturated heterocycles. The highest BCUT2D eigenvalue weighted by Crippen LogP contribution is 2.30. The van der Waals surface area contributed by atoms with Crippen molar-refractivity contribution in [2.75, 3.05) is 5.33 Å². The molecule has 0 aromatic heterocycles. The Labute approximate surface area is 132 Å². The minimum absolute atomic E-state index is 1.15. The average Bonchev–Trinajstić information content (AvgIpc) is 2.89. The number of fused-ring (bicyclic) bond motifs is 1. The molecule has 1 aliphatic carbocycles. The number of rotatable bonds is 10. The van der Waals surface area contributed by atoms with E-state index in [0.717, 1.165) is 6.42 Å². The second kappa shape index (κ2) is 9.39. The lowest BCUT2D eigenvalue weighted by atomic mass is 10.00. The van der Waals surface area contributed by atoms with E-state index in [2.05, 4.69) is 46.3 Å². The third kappa shape index (κ3) is 5.09. The summed E-state index contributed by atoms with van der Waals surface area (Å²) >= 11 is 3.49. The summed E-state index contributed by atoms with van der Waals surface area (Å²) in [6.07, 6.45) is 16.1.